The average molecular weight is 405 g/mol. The number of H-pyrrole nitrogens is 1. The minimum atomic E-state index is 0.863. The SMILES string of the molecule is CCC1=C(C)/C2=C/c3[nH]c(c(CC)c3C)CN3C=CN(C3)CN3C=CN(CC1=N2)C3. The van der Waals surface area contributed by atoms with E-state index in [0.29, 0.717) is 0 Å². The Hall–Kier alpha value is -2.89. The van der Waals surface area contributed by atoms with Crippen molar-refractivity contribution >= 4 is 11.8 Å². The Bertz CT molecular complexity index is 1010. The molecule has 30 heavy (non-hydrogen) atoms. The fourth-order valence-electron chi connectivity index (χ4n) is 5.07. The molecule has 4 aliphatic rings. The maximum absolute atomic E-state index is 5.10. The van der Waals surface area contributed by atoms with Gasteiger partial charge in [-0.1, -0.05) is 13.8 Å². The second kappa shape index (κ2) is 7.42. The van der Waals surface area contributed by atoms with E-state index in [9.17, 15) is 0 Å². The van der Waals surface area contributed by atoms with Gasteiger partial charge in [-0.05, 0) is 55.0 Å². The zero-order valence-corrected chi connectivity index (χ0v) is 18.6. The van der Waals surface area contributed by atoms with Gasteiger partial charge in [0.2, 0.25) is 0 Å². The van der Waals surface area contributed by atoms with Gasteiger partial charge in [-0.2, -0.15) is 0 Å². The highest BCUT2D eigenvalue weighted by Crippen LogP contribution is 2.32. The van der Waals surface area contributed by atoms with Gasteiger partial charge in [0.1, 0.15) is 0 Å². The predicted molar refractivity (Wildman–Crippen MR) is 122 cm³/mol. The van der Waals surface area contributed by atoms with E-state index in [2.05, 4.69) is 83.2 Å². The second-order valence-corrected chi connectivity index (χ2v) is 8.71. The first-order valence-electron chi connectivity index (χ1n) is 11.1. The second-order valence-electron chi connectivity index (χ2n) is 8.71. The van der Waals surface area contributed by atoms with Crippen molar-refractivity contribution in [2.75, 3.05) is 26.6 Å². The minimum absolute atomic E-state index is 0.863. The molecule has 0 fully saturated rings. The number of allylic oxidation sites excluding steroid dienone is 1. The van der Waals surface area contributed by atoms with Crippen molar-refractivity contribution in [3.05, 3.63) is 64.2 Å². The van der Waals surface area contributed by atoms with Crippen molar-refractivity contribution in [2.45, 2.75) is 47.1 Å². The highest BCUT2D eigenvalue weighted by atomic mass is 15.4. The summed E-state index contributed by atoms with van der Waals surface area (Å²) >= 11 is 0. The lowest BCUT2D eigenvalue weighted by molar-refractivity contribution is 0.165. The molecule has 1 aromatic rings. The maximum atomic E-state index is 5.10. The molecule has 0 amide bonds. The molecule has 4 aliphatic heterocycles. The molecule has 6 nitrogen and oxygen atoms in total. The molecule has 158 valence electrons. The molecule has 0 atom stereocenters. The lowest BCUT2D eigenvalue weighted by atomic mass is 10.0. The van der Waals surface area contributed by atoms with Crippen LogP contribution in [0.5, 0.6) is 0 Å². The molecule has 0 saturated heterocycles. The number of nitrogens with zero attached hydrogens (tertiary/aromatic N) is 5. The van der Waals surface area contributed by atoms with E-state index >= 15 is 0 Å². The van der Waals surface area contributed by atoms with Crippen molar-refractivity contribution in [1.29, 1.82) is 0 Å². The summed E-state index contributed by atoms with van der Waals surface area (Å²) < 4.78 is 0. The van der Waals surface area contributed by atoms with Crippen molar-refractivity contribution in [1.82, 2.24) is 24.6 Å². The van der Waals surface area contributed by atoms with E-state index in [4.69, 9.17) is 4.99 Å². The topological polar surface area (TPSA) is 41.1 Å². The number of hydrogen-bond acceptors (Lipinski definition) is 5. The van der Waals surface area contributed by atoms with Gasteiger partial charge in [0.05, 0.1) is 44.5 Å². The van der Waals surface area contributed by atoms with Crippen LogP contribution in [0.2, 0.25) is 0 Å². The van der Waals surface area contributed by atoms with Crippen LogP contribution in [0.4, 0.5) is 0 Å². The van der Waals surface area contributed by atoms with E-state index in [1.807, 2.05) is 0 Å². The Labute approximate surface area is 179 Å². The molecule has 6 heteroatoms. The molecule has 8 bridgehead atoms. The van der Waals surface area contributed by atoms with Gasteiger partial charge in [-0.3, -0.25) is 4.99 Å². The Morgan fingerprint density at radius 3 is 2.17 bits per heavy atom. The summed E-state index contributed by atoms with van der Waals surface area (Å²) in [4.78, 5) is 18.3. The molecule has 0 saturated carbocycles. The molecule has 5 heterocycles. The third-order valence-corrected chi connectivity index (χ3v) is 6.72. The van der Waals surface area contributed by atoms with E-state index in [0.717, 1.165) is 51.6 Å². The quantitative estimate of drug-likeness (QED) is 0.810. The summed E-state index contributed by atoms with van der Waals surface area (Å²) in [6, 6.07) is 0. The highest BCUT2D eigenvalue weighted by Gasteiger charge is 2.25. The zero-order valence-electron chi connectivity index (χ0n) is 18.6. The summed E-state index contributed by atoms with van der Waals surface area (Å²) in [5.41, 5.74) is 10.4. The van der Waals surface area contributed by atoms with E-state index in [1.54, 1.807) is 0 Å². The molecular formula is C24H32N6. The van der Waals surface area contributed by atoms with Crippen LogP contribution in [-0.2, 0) is 13.0 Å². The van der Waals surface area contributed by atoms with Gasteiger partial charge in [-0.15, -0.1) is 0 Å². The number of nitrogens with one attached hydrogen (secondary N) is 1. The van der Waals surface area contributed by atoms with Crippen LogP contribution >= 0.6 is 0 Å². The monoisotopic (exact) mass is 404 g/mol. The van der Waals surface area contributed by atoms with Gasteiger partial charge in [0.25, 0.3) is 0 Å². The molecular weight excluding hydrogens is 372 g/mol. The van der Waals surface area contributed by atoms with Gasteiger partial charge in [-0.25, -0.2) is 0 Å². The standard InChI is InChI=1S/C24H32N6/c1-5-19-17(3)21-11-22-18(4)20(6-2)24(26-22)13-28-8-10-30(15-28)16-29-9-7-27(14-29)12-23(19)25-21/h7-11,25H,5-6,12-16H2,1-4H3/b22-11-. The molecule has 0 spiro atoms. The predicted octanol–water partition coefficient (Wildman–Crippen LogP) is 3.97. The first kappa shape index (κ1) is 19.1. The van der Waals surface area contributed by atoms with Crippen LogP contribution in [-0.4, -0.2) is 56.8 Å². The van der Waals surface area contributed by atoms with Crippen LogP contribution in [0.15, 0.2) is 46.6 Å². The first-order valence-corrected chi connectivity index (χ1v) is 11.1. The Morgan fingerprint density at radius 2 is 1.50 bits per heavy atom. The van der Waals surface area contributed by atoms with Gasteiger partial charge in [0, 0.05) is 36.2 Å². The fraction of sp³-hybridized carbons (Fsp3) is 0.458. The molecule has 0 radical (unpaired) electrons. The van der Waals surface area contributed by atoms with Gasteiger partial charge >= 0.3 is 0 Å². The molecule has 0 unspecified atom stereocenters. The Balaban J connectivity index is 1.57. The van der Waals surface area contributed by atoms with Gasteiger partial charge in [0.15, 0.2) is 0 Å². The summed E-state index contributed by atoms with van der Waals surface area (Å²) in [5.74, 6) is 0. The molecule has 1 aromatic heterocycles. The summed E-state index contributed by atoms with van der Waals surface area (Å²) in [6.45, 7) is 13.5. The van der Waals surface area contributed by atoms with Gasteiger partial charge < -0.3 is 24.6 Å². The minimum Gasteiger partial charge on any atom is -0.357 e. The third kappa shape index (κ3) is 3.24. The molecule has 0 aliphatic carbocycles. The Morgan fingerprint density at radius 1 is 0.867 bits per heavy atom. The Kier molecular flexibility index (Phi) is 4.72. The zero-order chi connectivity index (χ0) is 20.8. The van der Waals surface area contributed by atoms with E-state index in [-0.39, 0.29) is 0 Å². The van der Waals surface area contributed by atoms with Crippen LogP contribution in [0.1, 0.15) is 49.7 Å². The first-order chi connectivity index (χ1) is 14.6. The smallest absolute Gasteiger partial charge is 0.0927 e. The van der Waals surface area contributed by atoms with Crippen LogP contribution in [0.3, 0.4) is 0 Å². The molecule has 5 rings (SSSR count). The number of rotatable bonds is 2. The van der Waals surface area contributed by atoms with Crippen molar-refractivity contribution in [3.63, 3.8) is 0 Å². The largest absolute Gasteiger partial charge is 0.357 e. The lowest BCUT2D eigenvalue weighted by Crippen LogP contribution is -2.37. The maximum Gasteiger partial charge on any atom is 0.0927 e. The number of hydrogen-bond donors (Lipinski definition) is 1. The van der Waals surface area contributed by atoms with E-state index in [1.165, 1.54) is 39.4 Å². The normalized spacial score (nSPS) is 22.4. The number of aromatic amines is 1. The average Bonchev–Trinajstić information content (AvgIpc) is 3.47. The van der Waals surface area contributed by atoms with Crippen molar-refractivity contribution in [3.8, 4) is 0 Å². The summed E-state index contributed by atoms with van der Waals surface area (Å²) in [7, 11) is 0. The van der Waals surface area contributed by atoms with Crippen LogP contribution in [0.25, 0.3) is 6.08 Å². The van der Waals surface area contributed by atoms with E-state index < -0.39 is 0 Å². The van der Waals surface area contributed by atoms with Crippen molar-refractivity contribution < 1.29 is 0 Å². The summed E-state index contributed by atoms with van der Waals surface area (Å²) in [5, 5.41) is 0. The third-order valence-electron chi connectivity index (χ3n) is 6.72. The molecule has 0 aromatic carbocycles. The highest BCUT2D eigenvalue weighted by molar-refractivity contribution is 6.06. The lowest BCUT2D eigenvalue weighted by Gasteiger charge is -2.27. The summed E-state index contributed by atoms with van der Waals surface area (Å²) in [6.07, 6.45) is 13.2. The number of fused-ring (bicyclic) bond motifs is 7. The number of aromatic nitrogens is 1. The fourth-order valence-corrected chi connectivity index (χ4v) is 5.07. The number of aliphatic imine (C=N–C) groups is 1. The van der Waals surface area contributed by atoms with Crippen molar-refractivity contribution in [2.24, 2.45) is 4.99 Å². The molecule has 1 N–H and O–H groups in total. The van der Waals surface area contributed by atoms with Crippen LogP contribution in [0, 0.1) is 6.92 Å². The van der Waals surface area contributed by atoms with Crippen LogP contribution < -0.4 is 0 Å².